The Morgan fingerprint density at radius 2 is 1.84 bits per heavy atom. The summed E-state index contributed by atoms with van der Waals surface area (Å²) in [5.74, 6) is 0.316. The third-order valence-corrected chi connectivity index (χ3v) is 4.21. The van der Waals surface area contributed by atoms with E-state index in [1.165, 1.54) is 17.2 Å². The van der Waals surface area contributed by atoms with Crippen molar-refractivity contribution in [3.63, 3.8) is 0 Å². The van der Waals surface area contributed by atoms with E-state index in [4.69, 9.17) is 0 Å². The highest BCUT2D eigenvalue weighted by atomic mass is 79.9. The fourth-order valence-corrected chi connectivity index (χ4v) is 2.79. The summed E-state index contributed by atoms with van der Waals surface area (Å²) in [5, 5.41) is 0.884. The maximum Gasteiger partial charge on any atom is 0.126 e. The van der Waals surface area contributed by atoms with Gasteiger partial charge in [-0.1, -0.05) is 64.0 Å². The van der Waals surface area contributed by atoms with Gasteiger partial charge in [-0.3, -0.25) is 0 Å². The first-order valence-corrected chi connectivity index (χ1v) is 7.66. The third kappa shape index (κ3) is 4.17. The summed E-state index contributed by atoms with van der Waals surface area (Å²) in [6.07, 6.45) is 1.74. The Hall–Kier alpha value is -1.15. The van der Waals surface area contributed by atoms with Crippen molar-refractivity contribution in [2.24, 2.45) is 5.92 Å². The average Bonchev–Trinajstić information content (AvgIpc) is 2.40. The SMILES string of the molecule is Cc1cccc(CC(CBr)Cc2ccccc2F)c1. The lowest BCUT2D eigenvalue weighted by atomic mass is 9.93. The van der Waals surface area contributed by atoms with Gasteiger partial charge in [0, 0.05) is 5.33 Å². The van der Waals surface area contributed by atoms with Crippen LogP contribution in [0.25, 0.3) is 0 Å². The minimum absolute atomic E-state index is 0.0994. The number of alkyl halides is 1. The van der Waals surface area contributed by atoms with Crippen molar-refractivity contribution in [3.05, 3.63) is 71.0 Å². The number of rotatable bonds is 5. The lowest BCUT2D eigenvalue weighted by molar-refractivity contribution is 0.550. The molecule has 0 fully saturated rings. The van der Waals surface area contributed by atoms with E-state index in [0.717, 1.165) is 23.7 Å². The van der Waals surface area contributed by atoms with Crippen molar-refractivity contribution in [3.8, 4) is 0 Å². The normalized spacial score (nSPS) is 12.4. The smallest absolute Gasteiger partial charge is 0.126 e. The van der Waals surface area contributed by atoms with Crippen LogP contribution in [0.3, 0.4) is 0 Å². The lowest BCUT2D eigenvalue weighted by Crippen LogP contribution is -2.11. The molecule has 0 saturated carbocycles. The van der Waals surface area contributed by atoms with Crippen LogP contribution in [0.2, 0.25) is 0 Å². The zero-order chi connectivity index (χ0) is 13.7. The molecule has 0 heterocycles. The molecule has 19 heavy (non-hydrogen) atoms. The standard InChI is InChI=1S/C17H18BrF/c1-13-5-4-6-14(9-13)10-15(12-18)11-16-7-2-3-8-17(16)19/h2-9,15H,10-12H2,1H3. The number of halogens is 2. The Kier molecular flexibility index (Phi) is 5.15. The Labute approximate surface area is 122 Å². The first-order valence-electron chi connectivity index (χ1n) is 6.54. The predicted molar refractivity (Wildman–Crippen MR) is 82.3 cm³/mol. The number of hydrogen-bond donors (Lipinski definition) is 0. The maximum absolute atomic E-state index is 13.7. The van der Waals surface area contributed by atoms with E-state index in [-0.39, 0.29) is 5.82 Å². The summed E-state index contributed by atoms with van der Waals surface area (Å²) >= 11 is 3.55. The molecule has 0 spiro atoms. The molecule has 0 radical (unpaired) electrons. The second-order valence-electron chi connectivity index (χ2n) is 5.01. The van der Waals surface area contributed by atoms with Gasteiger partial charge < -0.3 is 0 Å². The third-order valence-electron chi connectivity index (χ3n) is 3.29. The second kappa shape index (κ2) is 6.85. The van der Waals surface area contributed by atoms with Crippen LogP contribution in [-0.4, -0.2) is 5.33 Å². The molecule has 0 bridgehead atoms. The van der Waals surface area contributed by atoms with Crippen molar-refractivity contribution in [1.29, 1.82) is 0 Å². The zero-order valence-electron chi connectivity index (χ0n) is 11.1. The highest BCUT2D eigenvalue weighted by Crippen LogP contribution is 2.19. The number of benzene rings is 2. The largest absolute Gasteiger partial charge is 0.207 e. The maximum atomic E-state index is 13.7. The van der Waals surface area contributed by atoms with Crippen molar-refractivity contribution in [1.82, 2.24) is 0 Å². The molecule has 2 heteroatoms. The summed E-state index contributed by atoms with van der Waals surface area (Å²) in [7, 11) is 0. The summed E-state index contributed by atoms with van der Waals surface area (Å²) < 4.78 is 13.7. The van der Waals surface area contributed by atoms with Crippen LogP contribution in [0.4, 0.5) is 4.39 Å². The summed E-state index contributed by atoms with van der Waals surface area (Å²) in [5.41, 5.74) is 3.40. The molecule has 0 N–H and O–H groups in total. The van der Waals surface area contributed by atoms with Crippen LogP contribution in [0.5, 0.6) is 0 Å². The van der Waals surface area contributed by atoms with Gasteiger partial charge in [-0.25, -0.2) is 4.39 Å². The predicted octanol–water partition coefficient (Wildman–Crippen LogP) is 4.93. The fourth-order valence-electron chi connectivity index (χ4n) is 2.33. The molecule has 1 atom stereocenters. The zero-order valence-corrected chi connectivity index (χ0v) is 12.7. The Balaban J connectivity index is 2.07. The molecule has 2 aromatic carbocycles. The summed E-state index contributed by atoms with van der Waals surface area (Å²) in [6, 6.07) is 15.6. The van der Waals surface area contributed by atoms with Gasteiger partial charge in [0.2, 0.25) is 0 Å². The van der Waals surface area contributed by atoms with E-state index in [1.807, 2.05) is 12.1 Å². The molecule has 0 amide bonds. The molecule has 1 unspecified atom stereocenters. The molecule has 2 aromatic rings. The van der Waals surface area contributed by atoms with Gasteiger partial charge >= 0.3 is 0 Å². The molecule has 0 aliphatic rings. The number of hydrogen-bond acceptors (Lipinski definition) is 0. The van der Waals surface area contributed by atoms with Crippen molar-refractivity contribution in [2.75, 3.05) is 5.33 Å². The van der Waals surface area contributed by atoms with Crippen LogP contribution in [-0.2, 0) is 12.8 Å². The molecular weight excluding hydrogens is 303 g/mol. The summed E-state index contributed by atoms with van der Waals surface area (Å²) in [4.78, 5) is 0. The fraction of sp³-hybridized carbons (Fsp3) is 0.294. The average molecular weight is 321 g/mol. The van der Waals surface area contributed by atoms with Gasteiger partial charge in [0.05, 0.1) is 0 Å². The highest BCUT2D eigenvalue weighted by Gasteiger charge is 2.12. The van der Waals surface area contributed by atoms with Crippen LogP contribution in [0, 0.1) is 18.7 Å². The molecule has 0 nitrogen and oxygen atoms in total. The minimum Gasteiger partial charge on any atom is -0.207 e. The van der Waals surface area contributed by atoms with Gasteiger partial charge in [-0.05, 0) is 42.9 Å². The molecule has 0 aliphatic carbocycles. The van der Waals surface area contributed by atoms with E-state index >= 15 is 0 Å². The van der Waals surface area contributed by atoms with E-state index in [2.05, 4.69) is 47.1 Å². The van der Waals surface area contributed by atoms with Gasteiger partial charge in [0.25, 0.3) is 0 Å². The van der Waals surface area contributed by atoms with E-state index in [0.29, 0.717) is 5.92 Å². The molecule has 2 rings (SSSR count). The van der Waals surface area contributed by atoms with Gasteiger partial charge in [0.15, 0.2) is 0 Å². The van der Waals surface area contributed by atoms with Crippen LogP contribution in [0.15, 0.2) is 48.5 Å². The van der Waals surface area contributed by atoms with Crippen LogP contribution >= 0.6 is 15.9 Å². The van der Waals surface area contributed by atoms with E-state index in [9.17, 15) is 4.39 Å². The van der Waals surface area contributed by atoms with E-state index in [1.54, 1.807) is 6.07 Å². The van der Waals surface area contributed by atoms with Gasteiger partial charge in [-0.2, -0.15) is 0 Å². The van der Waals surface area contributed by atoms with Crippen molar-refractivity contribution >= 4 is 15.9 Å². The van der Waals surface area contributed by atoms with Gasteiger partial charge in [0.1, 0.15) is 5.82 Å². The molecule has 0 aromatic heterocycles. The molecule has 100 valence electrons. The Bertz CT molecular complexity index is 536. The van der Waals surface area contributed by atoms with E-state index < -0.39 is 0 Å². The molecule has 0 saturated heterocycles. The minimum atomic E-state index is -0.0994. The number of aryl methyl sites for hydroxylation is 1. The summed E-state index contributed by atoms with van der Waals surface area (Å²) in [6.45, 7) is 2.10. The van der Waals surface area contributed by atoms with Crippen LogP contribution in [0.1, 0.15) is 16.7 Å². The highest BCUT2D eigenvalue weighted by molar-refractivity contribution is 9.09. The van der Waals surface area contributed by atoms with Crippen molar-refractivity contribution < 1.29 is 4.39 Å². The van der Waals surface area contributed by atoms with Crippen molar-refractivity contribution in [2.45, 2.75) is 19.8 Å². The first kappa shape index (κ1) is 14.3. The molecule has 0 aliphatic heterocycles. The molecular formula is C17H18BrF. The second-order valence-corrected chi connectivity index (χ2v) is 5.66. The quantitative estimate of drug-likeness (QED) is 0.685. The van der Waals surface area contributed by atoms with Crippen LogP contribution < -0.4 is 0 Å². The lowest BCUT2D eigenvalue weighted by Gasteiger charge is -2.15. The Morgan fingerprint density at radius 1 is 1.05 bits per heavy atom. The topological polar surface area (TPSA) is 0 Å². The van der Waals surface area contributed by atoms with Gasteiger partial charge in [-0.15, -0.1) is 0 Å². The Morgan fingerprint density at radius 3 is 2.53 bits per heavy atom. The first-order chi connectivity index (χ1) is 9.19. The monoisotopic (exact) mass is 320 g/mol.